The van der Waals surface area contributed by atoms with Crippen LogP contribution in [-0.4, -0.2) is 42.7 Å². The average molecular weight is 407 g/mol. The highest BCUT2D eigenvalue weighted by atomic mass is 16.5. The highest BCUT2D eigenvalue weighted by molar-refractivity contribution is 6.06. The molecule has 0 fully saturated rings. The molecule has 2 aromatic rings. The Balaban J connectivity index is 2.19. The van der Waals surface area contributed by atoms with Crippen LogP contribution < -0.4 is 4.90 Å². The smallest absolute Gasteiger partial charge is 0.349 e. The molecule has 1 N–H and O–H groups in total. The van der Waals surface area contributed by atoms with Gasteiger partial charge < -0.3 is 14.6 Å². The molecule has 7 nitrogen and oxygen atoms in total. The number of aromatic nitrogens is 1. The highest BCUT2D eigenvalue weighted by Gasteiger charge is 2.27. The quantitative estimate of drug-likeness (QED) is 0.325. The number of ketones is 2. The van der Waals surface area contributed by atoms with Crippen LogP contribution in [0.2, 0.25) is 0 Å². The Hall–Kier alpha value is -3.66. The van der Waals surface area contributed by atoms with Crippen LogP contribution in [0.4, 0.5) is 5.69 Å². The molecule has 0 aliphatic heterocycles. The minimum absolute atomic E-state index is 0.153. The Morgan fingerprint density at radius 1 is 1.17 bits per heavy atom. The summed E-state index contributed by atoms with van der Waals surface area (Å²) in [6.45, 7) is 6.23. The summed E-state index contributed by atoms with van der Waals surface area (Å²) in [7, 11) is 3.82. The Morgan fingerprint density at radius 2 is 1.77 bits per heavy atom. The van der Waals surface area contributed by atoms with Gasteiger partial charge in [-0.15, -0.1) is 0 Å². The number of carbonyl (C=O) groups is 3. The van der Waals surface area contributed by atoms with Gasteiger partial charge in [-0.2, -0.15) is 5.26 Å². The van der Waals surface area contributed by atoms with E-state index in [1.807, 2.05) is 37.2 Å². The summed E-state index contributed by atoms with van der Waals surface area (Å²) in [5.74, 6) is -1.51. The molecule has 0 amide bonds. The number of nitrogens with zero attached hydrogens (tertiary/aromatic N) is 2. The number of carbonyl (C=O) groups excluding carboxylic acids is 3. The minimum Gasteiger partial charge on any atom is -0.450 e. The van der Waals surface area contributed by atoms with Crippen LogP contribution in [0.3, 0.4) is 0 Å². The van der Waals surface area contributed by atoms with Crippen LogP contribution in [0.5, 0.6) is 0 Å². The van der Waals surface area contributed by atoms with Crippen molar-refractivity contribution in [3.8, 4) is 6.07 Å². The maximum atomic E-state index is 12.7. The molecule has 1 aromatic heterocycles. The van der Waals surface area contributed by atoms with Gasteiger partial charge in [-0.25, -0.2) is 4.79 Å². The predicted octanol–water partition coefficient (Wildman–Crippen LogP) is 3.62. The molecule has 0 spiro atoms. The minimum atomic E-state index is -1.12. The zero-order valence-electron chi connectivity index (χ0n) is 18.0. The molecule has 1 atom stereocenters. The van der Waals surface area contributed by atoms with Gasteiger partial charge >= 0.3 is 5.97 Å². The number of Topliss-reactive ketones (excluding diaryl/α,β-unsaturated/α-hetero) is 2. The Morgan fingerprint density at radius 3 is 2.23 bits per heavy atom. The second kappa shape index (κ2) is 9.23. The van der Waals surface area contributed by atoms with E-state index in [9.17, 15) is 19.6 Å². The topological polar surface area (TPSA) is 103 Å². The number of hydrogen-bond acceptors (Lipinski definition) is 6. The Kier molecular flexibility index (Phi) is 6.96. The van der Waals surface area contributed by atoms with E-state index in [-0.39, 0.29) is 17.1 Å². The van der Waals surface area contributed by atoms with Crippen LogP contribution in [0.25, 0.3) is 6.08 Å². The molecule has 0 bridgehead atoms. The molecule has 1 heterocycles. The zero-order chi connectivity index (χ0) is 22.6. The van der Waals surface area contributed by atoms with Gasteiger partial charge in [-0.3, -0.25) is 9.59 Å². The third-order valence-corrected chi connectivity index (χ3v) is 4.75. The molecule has 0 saturated carbocycles. The third kappa shape index (κ3) is 4.84. The first-order valence-corrected chi connectivity index (χ1v) is 9.41. The van der Waals surface area contributed by atoms with Crippen molar-refractivity contribution in [2.24, 2.45) is 0 Å². The van der Waals surface area contributed by atoms with E-state index in [1.54, 1.807) is 26.0 Å². The highest BCUT2D eigenvalue weighted by Crippen LogP contribution is 2.21. The fourth-order valence-electron chi connectivity index (χ4n) is 3.18. The van der Waals surface area contributed by atoms with Gasteiger partial charge in [0.15, 0.2) is 11.9 Å². The van der Waals surface area contributed by atoms with Crippen LogP contribution in [0.15, 0.2) is 29.8 Å². The van der Waals surface area contributed by atoms with Gasteiger partial charge in [0.1, 0.15) is 11.6 Å². The lowest BCUT2D eigenvalue weighted by Gasteiger charge is -2.13. The van der Waals surface area contributed by atoms with E-state index in [0.717, 1.165) is 5.69 Å². The largest absolute Gasteiger partial charge is 0.450 e. The first-order valence-electron chi connectivity index (χ1n) is 9.41. The van der Waals surface area contributed by atoms with Gasteiger partial charge in [0.2, 0.25) is 5.78 Å². The third-order valence-electron chi connectivity index (χ3n) is 4.75. The van der Waals surface area contributed by atoms with E-state index in [0.29, 0.717) is 22.4 Å². The molecule has 0 unspecified atom stereocenters. The van der Waals surface area contributed by atoms with Crippen LogP contribution in [-0.2, 0) is 9.53 Å². The fraction of sp³-hybridized carbons (Fsp3) is 0.304. The summed E-state index contributed by atoms with van der Waals surface area (Å²) < 4.78 is 5.23. The number of aryl methyl sites for hydroxylation is 1. The molecule has 0 aliphatic rings. The maximum Gasteiger partial charge on any atom is 0.349 e. The Bertz CT molecular complexity index is 1050. The summed E-state index contributed by atoms with van der Waals surface area (Å²) in [4.78, 5) is 41.8. The van der Waals surface area contributed by atoms with Gasteiger partial charge in [-0.05, 0) is 57.0 Å². The second-order valence-corrected chi connectivity index (χ2v) is 7.25. The molecule has 2 rings (SSSR count). The van der Waals surface area contributed by atoms with E-state index in [1.165, 1.54) is 19.9 Å². The molecular weight excluding hydrogens is 382 g/mol. The molecular formula is C23H25N3O4. The number of H-pyrrole nitrogens is 1. The molecule has 156 valence electrons. The van der Waals surface area contributed by atoms with Gasteiger partial charge in [0.25, 0.3) is 0 Å². The summed E-state index contributed by atoms with van der Waals surface area (Å²) in [5.41, 5.74) is 3.21. The average Bonchev–Trinajstić information content (AvgIpc) is 2.99. The lowest BCUT2D eigenvalue weighted by Crippen LogP contribution is -2.26. The van der Waals surface area contributed by atoms with Crippen molar-refractivity contribution in [2.45, 2.75) is 33.8 Å². The van der Waals surface area contributed by atoms with E-state index >= 15 is 0 Å². The first kappa shape index (κ1) is 22.6. The number of esters is 1. The van der Waals surface area contributed by atoms with Gasteiger partial charge in [0, 0.05) is 31.0 Å². The van der Waals surface area contributed by atoms with Crippen molar-refractivity contribution in [1.82, 2.24) is 4.98 Å². The number of hydrogen-bond donors (Lipinski definition) is 1. The van der Waals surface area contributed by atoms with Crippen LogP contribution in [0, 0.1) is 25.2 Å². The molecule has 1 aromatic carbocycles. The summed E-state index contributed by atoms with van der Waals surface area (Å²) in [6.07, 6.45) is 0.290. The maximum absolute atomic E-state index is 12.7. The number of anilines is 1. The number of nitriles is 1. The molecule has 0 saturated heterocycles. The van der Waals surface area contributed by atoms with Crippen LogP contribution in [0.1, 0.15) is 51.5 Å². The monoisotopic (exact) mass is 407 g/mol. The summed E-state index contributed by atoms with van der Waals surface area (Å²) in [6, 6.07) is 9.11. The molecule has 7 heteroatoms. The standard InChI is InChI=1S/C23H25N3O4/c1-13-20(15(3)27)14(2)25-21(13)22(28)16(4)30-23(29)18(12-24)11-17-7-9-19(10-8-17)26(5)6/h7-11,16,25H,1-6H3/b18-11+/t16-/m0/s1. The van der Waals surface area contributed by atoms with Crippen molar-refractivity contribution >= 4 is 29.3 Å². The Labute approximate surface area is 176 Å². The van der Waals surface area contributed by atoms with E-state index in [2.05, 4.69) is 4.98 Å². The predicted molar refractivity (Wildman–Crippen MR) is 115 cm³/mol. The summed E-state index contributed by atoms with van der Waals surface area (Å²) >= 11 is 0. The number of nitrogens with one attached hydrogen (secondary N) is 1. The second-order valence-electron chi connectivity index (χ2n) is 7.25. The van der Waals surface area contributed by atoms with Crippen molar-refractivity contribution in [3.63, 3.8) is 0 Å². The molecule has 0 aliphatic carbocycles. The van der Waals surface area contributed by atoms with Crippen LogP contribution >= 0.6 is 0 Å². The van der Waals surface area contributed by atoms with Gasteiger partial charge in [0.05, 0.1) is 5.69 Å². The summed E-state index contributed by atoms with van der Waals surface area (Å²) in [5, 5.41) is 9.36. The number of ether oxygens (including phenoxy) is 1. The zero-order valence-corrected chi connectivity index (χ0v) is 18.0. The van der Waals surface area contributed by atoms with Crippen molar-refractivity contribution in [1.29, 1.82) is 5.26 Å². The fourth-order valence-corrected chi connectivity index (χ4v) is 3.18. The SMILES string of the molecule is CC(=O)c1c(C)[nH]c(C(=O)[C@H](C)OC(=O)/C(C#N)=C/c2ccc(N(C)C)cc2)c1C. The number of benzene rings is 1. The number of aromatic amines is 1. The number of rotatable bonds is 7. The normalized spacial score (nSPS) is 12.1. The van der Waals surface area contributed by atoms with Crippen molar-refractivity contribution in [2.75, 3.05) is 19.0 Å². The van der Waals surface area contributed by atoms with Crippen molar-refractivity contribution in [3.05, 3.63) is 57.9 Å². The molecule has 0 radical (unpaired) electrons. The first-order chi connectivity index (χ1) is 14.1. The lowest BCUT2D eigenvalue weighted by atomic mass is 10.0. The molecule has 30 heavy (non-hydrogen) atoms. The van der Waals surface area contributed by atoms with Gasteiger partial charge in [-0.1, -0.05) is 12.1 Å². The van der Waals surface area contributed by atoms with E-state index in [4.69, 9.17) is 4.74 Å². The van der Waals surface area contributed by atoms with Crippen molar-refractivity contribution < 1.29 is 19.1 Å². The van der Waals surface area contributed by atoms with E-state index < -0.39 is 17.9 Å². The lowest BCUT2D eigenvalue weighted by molar-refractivity contribution is -0.141.